The van der Waals surface area contributed by atoms with Crippen LogP contribution in [0.25, 0.3) is 0 Å². The van der Waals surface area contributed by atoms with Gasteiger partial charge in [0.25, 0.3) is 0 Å². The molecule has 0 aromatic rings. The van der Waals surface area contributed by atoms with E-state index >= 15 is 0 Å². The van der Waals surface area contributed by atoms with E-state index in [0.29, 0.717) is 60.5 Å². The van der Waals surface area contributed by atoms with Crippen molar-refractivity contribution in [2.24, 2.45) is 10.1 Å². The van der Waals surface area contributed by atoms with E-state index in [1.165, 1.54) is 0 Å². The number of hydrogen-bond acceptors (Lipinski definition) is 7. The minimum atomic E-state index is -0.349. The van der Waals surface area contributed by atoms with Crippen LogP contribution < -0.4 is 5.32 Å². The standard InChI is InChI=1S/C26H39ClN4O3/c1-8-11-24(23(10-3)30-31(15-14-28-6)19(4)18-32)29-20(5)21-12-13-25(33-7)26(22(27)17-21)34-16-9-2/h8,11,13,17-19,28H,5,9-10,12,14-16H2,1-4,6-7H3/b11-8-,29-24?,30-23+. The highest BCUT2D eigenvalue weighted by atomic mass is 35.5. The average Bonchev–Trinajstić information content (AvgIpc) is 3.00. The summed E-state index contributed by atoms with van der Waals surface area (Å²) in [7, 11) is 3.46. The van der Waals surface area contributed by atoms with E-state index < -0.39 is 0 Å². The molecule has 1 atom stereocenters. The molecule has 34 heavy (non-hydrogen) atoms. The van der Waals surface area contributed by atoms with Crippen molar-refractivity contribution in [3.8, 4) is 0 Å². The molecule has 0 amide bonds. The largest absolute Gasteiger partial charge is 0.493 e. The lowest BCUT2D eigenvalue weighted by atomic mass is 10.1. The van der Waals surface area contributed by atoms with Crippen molar-refractivity contribution in [3.63, 3.8) is 0 Å². The molecule has 1 aliphatic carbocycles. The lowest BCUT2D eigenvalue weighted by Crippen LogP contribution is -2.36. The normalized spacial score (nSPS) is 16.1. The van der Waals surface area contributed by atoms with Crippen LogP contribution >= 0.6 is 11.6 Å². The van der Waals surface area contributed by atoms with Gasteiger partial charge in [0.05, 0.1) is 41.9 Å². The summed E-state index contributed by atoms with van der Waals surface area (Å²) in [6.45, 7) is 13.8. The van der Waals surface area contributed by atoms with E-state index in [1.807, 2.05) is 59.0 Å². The number of nitrogens with one attached hydrogen (secondary N) is 1. The van der Waals surface area contributed by atoms with E-state index in [1.54, 1.807) is 12.1 Å². The minimum Gasteiger partial charge on any atom is -0.493 e. The lowest BCUT2D eigenvalue weighted by molar-refractivity contribution is -0.111. The van der Waals surface area contributed by atoms with Crippen molar-refractivity contribution in [1.29, 1.82) is 0 Å². The van der Waals surface area contributed by atoms with E-state index in [0.717, 1.165) is 24.0 Å². The number of likely N-dealkylation sites (N-methyl/N-ethyl adjacent to an activating group) is 1. The molecule has 0 saturated heterocycles. The zero-order chi connectivity index (χ0) is 25.5. The van der Waals surface area contributed by atoms with Gasteiger partial charge in [-0.25, -0.2) is 4.99 Å². The first-order valence-electron chi connectivity index (χ1n) is 11.7. The van der Waals surface area contributed by atoms with Gasteiger partial charge in [-0.15, -0.1) is 0 Å². The number of nitrogens with zero attached hydrogens (tertiary/aromatic N) is 3. The molecule has 0 saturated carbocycles. The van der Waals surface area contributed by atoms with Crippen molar-refractivity contribution >= 4 is 29.3 Å². The number of aldehydes is 1. The molecule has 0 aromatic heterocycles. The van der Waals surface area contributed by atoms with E-state index in [-0.39, 0.29) is 6.04 Å². The van der Waals surface area contributed by atoms with Gasteiger partial charge in [0.1, 0.15) is 6.29 Å². The molecule has 188 valence electrons. The Bertz CT molecular complexity index is 884. The molecule has 1 unspecified atom stereocenters. The van der Waals surface area contributed by atoms with Crippen LogP contribution in [0.1, 0.15) is 47.0 Å². The second kappa shape index (κ2) is 16.1. The number of carbonyl (C=O) groups is 1. The van der Waals surface area contributed by atoms with E-state index in [2.05, 4.69) is 11.9 Å². The Balaban J connectivity index is 3.38. The Hall–Kier alpha value is -2.64. The van der Waals surface area contributed by atoms with Crippen molar-refractivity contribution < 1.29 is 14.3 Å². The molecule has 1 N–H and O–H groups in total. The summed E-state index contributed by atoms with van der Waals surface area (Å²) in [6.07, 6.45) is 10.5. The van der Waals surface area contributed by atoms with Gasteiger partial charge in [-0.1, -0.05) is 38.1 Å². The molecule has 1 rings (SSSR count). The molecular formula is C26H39ClN4O3. The van der Waals surface area contributed by atoms with Gasteiger partial charge in [-0.3, -0.25) is 5.01 Å². The smallest absolute Gasteiger partial charge is 0.179 e. The van der Waals surface area contributed by atoms with Crippen LogP contribution in [0.15, 0.2) is 68.8 Å². The van der Waals surface area contributed by atoms with Crippen LogP contribution in [-0.4, -0.2) is 62.6 Å². The van der Waals surface area contributed by atoms with Gasteiger partial charge >= 0.3 is 0 Å². The summed E-state index contributed by atoms with van der Waals surface area (Å²) in [5.41, 5.74) is 2.87. The Morgan fingerprint density at radius 1 is 1.41 bits per heavy atom. The monoisotopic (exact) mass is 490 g/mol. The number of halogens is 1. The second-order valence-corrected chi connectivity index (χ2v) is 8.07. The van der Waals surface area contributed by atoms with Crippen molar-refractivity contribution in [2.45, 2.75) is 53.0 Å². The first kappa shape index (κ1) is 29.4. The molecule has 8 heteroatoms. The average molecular weight is 491 g/mol. The third kappa shape index (κ3) is 8.95. The highest BCUT2D eigenvalue weighted by molar-refractivity contribution is 6.46. The van der Waals surface area contributed by atoms with Crippen molar-refractivity contribution in [1.82, 2.24) is 10.3 Å². The molecule has 7 nitrogen and oxygen atoms in total. The summed E-state index contributed by atoms with van der Waals surface area (Å²) >= 11 is 6.58. The van der Waals surface area contributed by atoms with Crippen LogP contribution in [0.3, 0.4) is 0 Å². The van der Waals surface area contributed by atoms with Gasteiger partial charge in [0.15, 0.2) is 11.5 Å². The maximum absolute atomic E-state index is 11.4. The predicted octanol–water partition coefficient (Wildman–Crippen LogP) is 5.13. The zero-order valence-corrected chi connectivity index (χ0v) is 22.1. The summed E-state index contributed by atoms with van der Waals surface area (Å²) in [5, 5.41) is 10.1. The van der Waals surface area contributed by atoms with Crippen LogP contribution in [0, 0.1) is 0 Å². The minimum absolute atomic E-state index is 0.349. The fraction of sp³-hybridized carbons (Fsp3) is 0.500. The third-order valence-electron chi connectivity index (χ3n) is 5.01. The molecule has 0 fully saturated rings. The number of hydrogen-bond donors (Lipinski definition) is 1. The van der Waals surface area contributed by atoms with Crippen LogP contribution in [-0.2, 0) is 14.3 Å². The van der Waals surface area contributed by atoms with Gasteiger partial charge in [-0.05, 0) is 64.0 Å². The quantitative estimate of drug-likeness (QED) is 0.196. The Morgan fingerprint density at radius 3 is 2.71 bits per heavy atom. The Labute approximate surface area is 209 Å². The van der Waals surface area contributed by atoms with Crippen LogP contribution in [0.5, 0.6) is 0 Å². The van der Waals surface area contributed by atoms with Gasteiger partial charge in [0, 0.05) is 13.1 Å². The van der Waals surface area contributed by atoms with Crippen LogP contribution in [0.2, 0.25) is 0 Å². The first-order valence-corrected chi connectivity index (χ1v) is 12.1. The number of hydrazone groups is 1. The van der Waals surface area contributed by atoms with Crippen LogP contribution in [0.4, 0.5) is 0 Å². The number of ether oxygens (including phenoxy) is 2. The summed E-state index contributed by atoms with van der Waals surface area (Å²) in [6, 6.07) is -0.349. The number of methoxy groups -OCH3 is 1. The fourth-order valence-corrected chi connectivity index (χ4v) is 3.36. The summed E-state index contributed by atoms with van der Waals surface area (Å²) < 4.78 is 11.3. The predicted molar refractivity (Wildman–Crippen MR) is 142 cm³/mol. The topological polar surface area (TPSA) is 75.5 Å². The molecule has 1 aliphatic rings. The number of allylic oxidation sites excluding steroid dienone is 6. The summed E-state index contributed by atoms with van der Waals surface area (Å²) in [5.74, 6) is 1.11. The van der Waals surface area contributed by atoms with Crippen molar-refractivity contribution in [3.05, 3.63) is 58.7 Å². The molecule has 0 aliphatic heterocycles. The van der Waals surface area contributed by atoms with Gasteiger partial charge in [-0.2, -0.15) is 5.10 Å². The first-order chi connectivity index (χ1) is 16.4. The SMILES string of the molecule is C=C(N=C(/C=C\C)/C(CC)=N/N(CCNC)C(C)C=O)C1=CC(Cl)=C(OCCC)C(OC)=CC1. The molecular weight excluding hydrogens is 452 g/mol. The van der Waals surface area contributed by atoms with Gasteiger partial charge in [0.2, 0.25) is 0 Å². The number of carbonyl (C=O) groups excluding carboxylic acids is 1. The molecule has 0 spiro atoms. The van der Waals surface area contributed by atoms with Crippen molar-refractivity contribution in [2.75, 3.05) is 33.9 Å². The number of rotatable bonds is 15. The Morgan fingerprint density at radius 2 is 2.15 bits per heavy atom. The second-order valence-electron chi connectivity index (χ2n) is 7.66. The zero-order valence-electron chi connectivity index (χ0n) is 21.4. The molecule has 0 heterocycles. The van der Waals surface area contributed by atoms with E-state index in [4.69, 9.17) is 31.2 Å². The highest BCUT2D eigenvalue weighted by Crippen LogP contribution is 2.30. The molecule has 0 radical (unpaired) electrons. The molecule has 0 aromatic carbocycles. The Kier molecular flexibility index (Phi) is 13.9. The maximum atomic E-state index is 11.4. The lowest BCUT2D eigenvalue weighted by Gasteiger charge is -2.24. The number of aliphatic imine (C=N–C) groups is 1. The summed E-state index contributed by atoms with van der Waals surface area (Å²) in [4.78, 5) is 16.2. The van der Waals surface area contributed by atoms with Gasteiger partial charge < -0.3 is 19.6 Å². The third-order valence-corrected chi connectivity index (χ3v) is 5.29. The molecule has 0 bridgehead atoms. The van der Waals surface area contributed by atoms with E-state index in [9.17, 15) is 4.79 Å². The highest BCUT2D eigenvalue weighted by Gasteiger charge is 2.18. The fourth-order valence-electron chi connectivity index (χ4n) is 3.08. The maximum Gasteiger partial charge on any atom is 0.179 e.